The Labute approximate surface area is 217 Å². The summed E-state index contributed by atoms with van der Waals surface area (Å²) in [6, 6.07) is 13.2. The van der Waals surface area contributed by atoms with Gasteiger partial charge in [-0.3, -0.25) is 4.79 Å². The van der Waals surface area contributed by atoms with Crippen LogP contribution in [0.25, 0.3) is 0 Å². The number of allylic oxidation sites excluding steroid dienone is 3. The summed E-state index contributed by atoms with van der Waals surface area (Å²) >= 11 is 0. The van der Waals surface area contributed by atoms with Crippen LogP contribution in [0.5, 0.6) is 17.2 Å². The van der Waals surface area contributed by atoms with Crippen molar-refractivity contribution in [2.45, 2.75) is 31.6 Å². The third-order valence-electron chi connectivity index (χ3n) is 6.89. The topological polar surface area (TPSA) is 92.3 Å². The third-order valence-corrected chi connectivity index (χ3v) is 6.89. The van der Waals surface area contributed by atoms with Crippen LogP contribution in [0.1, 0.15) is 42.7 Å². The van der Waals surface area contributed by atoms with E-state index in [1.54, 1.807) is 34.5 Å². The van der Waals surface area contributed by atoms with Crippen molar-refractivity contribution in [1.29, 1.82) is 0 Å². The number of ketones is 1. The van der Waals surface area contributed by atoms with Crippen molar-refractivity contribution < 1.29 is 33.3 Å². The second-order valence-corrected chi connectivity index (χ2v) is 9.00. The number of carbonyl (C=O) groups excluding carboxylic acids is 2. The summed E-state index contributed by atoms with van der Waals surface area (Å²) in [7, 11) is 6.30. The van der Waals surface area contributed by atoms with Gasteiger partial charge in [-0.2, -0.15) is 0 Å². The standard InChI is InChI=1S/C29H33NO7/c1-17-26(29(32)37-13-12-33-2)27(18-10-11-24(35-4)25(16-18)36-5)28-21(30-17)14-19(15-22(28)31)20-8-6-7-9-23(20)34-3/h6-11,16,19,27,30H,12-15H2,1-5H3. The quantitative estimate of drug-likeness (QED) is 0.398. The van der Waals surface area contributed by atoms with E-state index in [4.69, 9.17) is 23.7 Å². The Hall–Kier alpha value is -3.78. The number of dihydropyridines is 1. The van der Waals surface area contributed by atoms with Crippen LogP contribution in [-0.2, 0) is 19.1 Å². The van der Waals surface area contributed by atoms with E-state index in [2.05, 4.69) is 5.32 Å². The van der Waals surface area contributed by atoms with Crippen molar-refractivity contribution >= 4 is 11.8 Å². The van der Waals surface area contributed by atoms with E-state index >= 15 is 0 Å². The first-order valence-electron chi connectivity index (χ1n) is 12.2. The van der Waals surface area contributed by atoms with Crippen molar-refractivity contribution in [2.75, 3.05) is 41.7 Å². The van der Waals surface area contributed by atoms with Gasteiger partial charge in [0.15, 0.2) is 17.3 Å². The van der Waals surface area contributed by atoms with E-state index in [1.165, 1.54) is 0 Å². The van der Waals surface area contributed by atoms with Crippen molar-refractivity contribution in [2.24, 2.45) is 0 Å². The Morgan fingerprint density at radius 2 is 1.65 bits per heavy atom. The van der Waals surface area contributed by atoms with Gasteiger partial charge < -0.3 is 29.0 Å². The summed E-state index contributed by atoms with van der Waals surface area (Å²) in [6.07, 6.45) is 0.907. The number of hydrogen-bond acceptors (Lipinski definition) is 8. The molecule has 0 radical (unpaired) electrons. The molecule has 8 nitrogen and oxygen atoms in total. The fourth-order valence-electron chi connectivity index (χ4n) is 5.19. The zero-order chi connectivity index (χ0) is 26.5. The van der Waals surface area contributed by atoms with Gasteiger partial charge in [0.05, 0.1) is 33.5 Å². The lowest BCUT2D eigenvalue weighted by Crippen LogP contribution is -2.36. The molecule has 0 bridgehead atoms. The molecular weight excluding hydrogens is 474 g/mol. The average Bonchev–Trinajstić information content (AvgIpc) is 2.91. The molecule has 196 valence electrons. The summed E-state index contributed by atoms with van der Waals surface area (Å²) in [5.74, 6) is 0.644. The van der Waals surface area contributed by atoms with Crippen LogP contribution in [0.15, 0.2) is 65.0 Å². The fourth-order valence-corrected chi connectivity index (χ4v) is 5.19. The zero-order valence-electron chi connectivity index (χ0n) is 21.9. The molecule has 8 heteroatoms. The maximum atomic E-state index is 13.8. The predicted molar refractivity (Wildman–Crippen MR) is 138 cm³/mol. The maximum absolute atomic E-state index is 13.8. The lowest BCUT2D eigenvalue weighted by molar-refractivity contribution is -0.140. The highest BCUT2D eigenvalue weighted by atomic mass is 16.6. The fraction of sp³-hybridized carbons (Fsp3) is 0.379. The number of nitrogens with one attached hydrogen (secondary N) is 1. The van der Waals surface area contributed by atoms with Crippen LogP contribution in [0, 0.1) is 0 Å². The number of Topliss-reactive ketones (excluding diaryl/α,β-unsaturated/α-hetero) is 1. The van der Waals surface area contributed by atoms with E-state index < -0.39 is 11.9 Å². The number of carbonyl (C=O) groups is 2. The van der Waals surface area contributed by atoms with Gasteiger partial charge in [-0.05, 0) is 42.7 Å². The molecule has 0 amide bonds. The summed E-state index contributed by atoms with van der Waals surface area (Å²) in [5.41, 5.74) is 4.15. The molecular formula is C29H33NO7. The third kappa shape index (κ3) is 5.20. The second-order valence-electron chi connectivity index (χ2n) is 9.00. The van der Waals surface area contributed by atoms with Crippen molar-refractivity contribution in [1.82, 2.24) is 5.32 Å². The lowest BCUT2D eigenvalue weighted by Gasteiger charge is -2.37. The Morgan fingerprint density at radius 3 is 2.35 bits per heavy atom. The lowest BCUT2D eigenvalue weighted by atomic mass is 9.71. The molecule has 1 aliphatic heterocycles. The van der Waals surface area contributed by atoms with Gasteiger partial charge >= 0.3 is 5.97 Å². The largest absolute Gasteiger partial charge is 0.496 e. The number of hydrogen-bond donors (Lipinski definition) is 1. The average molecular weight is 508 g/mol. The first-order valence-corrected chi connectivity index (χ1v) is 12.2. The molecule has 0 saturated heterocycles. The molecule has 0 saturated carbocycles. The molecule has 0 spiro atoms. The first kappa shape index (κ1) is 26.3. The molecule has 4 rings (SSSR count). The number of rotatable bonds is 9. The number of ether oxygens (including phenoxy) is 5. The van der Waals surface area contributed by atoms with E-state index in [-0.39, 0.29) is 24.9 Å². The van der Waals surface area contributed by atoms with Gasteiger partial charge in [0.1, 0.15) is 12.4 Å². The molecule has 1 heterocycles. The predicted octanol–water partition coefficient (Wildman–Crippen LogP) is 4.26. The minimum atomic E-state index is -0.614. The van der Waals surface area contributed by atoms with Gasteiger partial charge in [0.25, 0.3) is 0 Å². The van der Waals surface area contributed by atoms with Crippen LogP contribution in [-0.4, -0.2) is 53.4 Å². The van der Waals surface area contributed by atoms with Gasteiger partial charge in [0.2, 0.25) is 0 Å². The summed E-state index contributed by atoms with van der Waals surface area (Å²) in [4.78, 5) is 27.1. The molecule has 2 atom stereocenters. The normalized spacial score (nSPS) is 19.2. The second kappa shape index (κ2) is 11.5. The number of para-hydroxylation sites is 1. The molecule has 2 unspecified atom stereocenters. The summed E-state index contributed by atoms with van der Waals surface area (Å²) in [6.45, 7) is 2.22. The molecule has 1 aliphatic carbocycles. The molecule has 2 aliphatic rings. The van der Waals surface area contributed by atoms with E-state index in [9.17, 15) is 9.59 Å². The Morgan fingerprint density at radius 1 is 0.919 bits per heavy atom. The molecule has 0 fully saturated rings. The minimum Gasteiger partial charge on any atom is -0.496 e. The molecule has 2 aromatic rings. The Kier molecular flexibility index (Phi) is 8.18. The van der Waals surface area contributed by atoms with Crippen molar-refractivity contribution in [3.05, 3.63) is 76.1 Å². The van der Waals surface area contributed by atoms with Gasteiger partial charge in [-0.25, -0.2) is 4.79 Å². The number of esters is 1. The molecule has 2 aromatic carbocycles. The Bertz CT molecular complexity index is 1250. The van der Waals surface area contributed by atoms with Crippen LogP contribution < -0.4 is 19.5 Å². The van der Waals surface area contributed by atoms with Gasteiger partial charge in [0, 0.05) is 42.3 Å². The van der Waals surface area contributed by atoms with E-state index in [0.29, 0.717) is 41.2 Å². The molecule has 37 heavy (non-hydrogen) atoms. The highest BCUT2D eigenvalue weighted by Crippen LogP contribution is 2.47. The number of benzene rings is 2. The SMILES string of the molecule is COCCOC(=O)C1=C(C)NC2=C(C(=O)CC(c3ccccc3OC)C2)C1c1ccc(OC)c(OC)c1. The molecule has 1 N–H and O–H groups in total. The van der Waals surface area contributed by atoms with Crippen molar-refractivity contribution in [3.63, 3.8) is 0 Å². The van der Waals surface area contributed by atoms with Crippen molar-refractivity contribution in [3.8, 4) is 17.2 Å². The van der Waals surface area contributed by atoms with Crippen LogP contribution in [0.3, 0.4) is 0 Å². The van der Waals surface area contributed by atoms with E-state index in [1.807, 2.05) is 43.3 Å². The van der Waals surface area contributed by atoms with Crippen LogP contribution >= 0.6 is 0 Å². The summed E-state index contributed by atoms with van der Waals surface area (Å²) < 4.78 is 27.1. The summed E-state index contributed by atoms with van der Waals surface area (Å²) in [5, 5.41) is 3.37. The first-order chi connectivity index (χ1) is 17.9. The van der Waals surface area contributed by atoms with Crippen LogP contribution in [0.2, 0.25) is 0 Å². The smallest absolute Gasteiger partial charge is 0.336 e. The monoisotopic (exact) mass is 507 g/mol. The minimum absolute atomic E-state index is 0.0286. The van der Waals surface area contributed by atoms with E-state index in [0.717, 1.165) is 22.6 Å². The maximum Gasteiger partial charge on any atom is 0.336 e. The Balaban J connectivity index is 1.80. The highest BCUT2D eigenvalue weighted by Gasteiger charge is 2.42. The highest BCUT2D eigenvalue weighted by molar-refractivity contribution is 6.04. The van der Waals surface area contributed by atoms with Gasteiger partial charge in [-0.15, -0.1) is 0 Å². The number of methoxy groups -OCH3 is 4. The zero-order valence-corrected chi connectivity index (χ0v) is 21.9. The van der Waals surface area contributed by atoms with Gasteiger partial charge in [-0.1, -0.05) is 24.3 Å². The van der Waals surface area contributed by atoms with Crippen LogP contribution in [0.4, 0.5) is 0 Å². The molecule has 0 aromatic heterocycles.